The van der Waals surface area contributed by atoms with Crippen molar-refractivity contribution in [2.24, 2.45) is 0 Å². The third-order valence-corrected chi connectivity index (χ3v) is 1.57. The summed E-state index contributed by atoms with van der Waals surface area (Å²) in [4.78, 5) is 8.29. The average molecular weight is 177 g/mol. The van der Waals surface area contributed by atoms with Crippen molar-refractivity contribution >= 4 is 0 Å². The van der Waals surface area contributed by atoms with Crippen LogP contribution in [-0.4, -0.2) is 16.5 Å². The summed E-state index contributed by atoms with van der Waals surface area (Å²) in [6, 6.07) is 1.92. The number of aromatic nitrogens is 2. The first-order valence-corrected chi connectivity index (χ1v) is 4.32. The molecular weight excluding hydrogens is 162 g/mol. The standard InChI is InChI=1S/C10H15N3/c1-8(2)6-11-7-10-4-5-12-9(3)13-10/h4-5,11H,1,6-7H2,2-3H3. The summed E-state index contributed by atoms with van der Waals surface area (Å²) >= 11 is 0. The van der Waals surface area contributed by atoms with Crippen molar-refractivity contribution in [2.45, 2.75) is 20.4 Å². The van der Waals surface area contributed by atoms with E-state index in [1.54, 1.807) is 6.20 Å². The highest BCUT2D eigenvalue weighted by molar-refractivity contribution is 5.02. The molecule has 0 saturated heterocycles. The molecule has 0 aliphatic carbocycles. The van der Waals surface area contributed by atoms with Gasteiger partial charge >= 0.3 is 0 Å². The first-order valence-electron chi connectivity index (χ1n) is 4.32. The van der Waals surface area contributed by atoms with Crippen molar-refractivity contribution in [1.82, 2.24) is 15.3 Å². The van der Waals surface area contributed by atoms with Crippen molar-refractivity contribution in [3.8, 4) is 0 Å². The average Bonchev–Trinajstić information content (AvgIpc) is 2.03. The van der Waals surface area contributed by atoms with Gasteiger partial charge in [-0.2, -0.15) is 0 Å². The van der Waals surface area contributed by atoms with Crippen LogP contribution in [0, 0.1) is 6.92 Å². The number of hydrogen-bond donors (Lipinski definition) is 1. The van der Waals surface area contributed by atoms with Crippen molar-refractivity contribution < 1.29 is 0 Å². The normalized spacial score (nSPS) is 10.0. The van der Waals surface area contributed by atoms with E-state index in [4.69, 9.17) is 0 Å². The molecule has 0 spiro atoms. The molecule has 0 radical (unpaired) electrons. The van der Waals surface area contributed by atoms with Gasteiger partial charge in [0.05, 0.1) is 5.69 Å². The second-order valence-corrected chi connectivity index (χ2v) is 3.16. The number of aryl methyl sites for hydroxylation is 1. The van der Waals surface area contributed by atoms with Crippen molar-refractivity contribution in [2.75, 3.05) is 6.54 Å². The topological polar surface area (TPSA) is 37.8 Å². The Morgan fingerprint density at radius 1 is 1.62 bits per heavy atom. The fourth-order valence-corrected chi connectivity index (χ4v) is 1.01. The SMILES string of the molecule is C=C(C)CNCc1ccnc(C)n1. The van der Waals surface area contributed by atoms with Gasteiger partial charge in [0.2, 0.25) is 0 Å². The minimum Gasteiger partial charge on any atom is -0.307 e. The van der Waals surface area contributed by atoms with Crippen LogP contribution in [0.1, 0.15) is 18.4 Å². The van der Waals surface area contributed by atoms with Gasteiger partial charge in [-0.05, 0) is 19.9 Å². The molecule has 0 aromatic carbocycles. The molecule has 13 heavy (non-hydrogen) atoms. The lowest BCUT2D eigenvalue weighted by atomic mass is 10.3. The Bertz CT molecular complexity index is 294. The van der Waals surface area contributed by atoms with Crippen LogP contribution in [0.2, 0.25) is 0 Å². The van der Waals surface area contributed by atoms with Gasteiger partial charge in [0.1, 0.15) is 5.82 Å². The Hall–Kier alpha value is -1.22. The number of nitrogens with zero attached hydrogens (tertiary/aromatic N) is 2. The smallest absolute Gasteiger partial charge is 0.125 e. The molecule has 3 nitrogen and oxygen atoms in total. The summed E-state index contributed by atoms with van der Waals surface area (Å²) in [5.74, 6) is 0.814. The zero-order valence-electron chi connectivity index (χ0n) is 8.17. The van der Waals surface area contributed by atoms with Gasteiger partial charge < -0.3 is 5.32 Å². The third kappa shape index (κ3) is 3.80. The summed E-state index contributed by atoms with van der Waals surface area (Å²) in [5.41, 5.74) is 2.15. The largest absolute Gasteiger partial charge is 0.307 e. The molecule has 70 valence electrons. The molecule has 0 aliphatic heterocycles. The van der Waals surface area contributed by atoms with Gasteiger partial charge in [-0.3, -0.25) is 0 Å². The van der Waals surface area contributed by atoms with Gasteiger partial charge in [-0.15, -0.1) is 0 Å². The van der Waals surface area contributed by atoms with E-state index in [9.17, 15) is 0 Å². The zero-order chi connectivity index (χ0) is 9.68. The maximum atomic E-state index is 4.27. The third-order valence-electron chi connectivity index (χ3n) is 1.57. The first kappa shape index (κ1) is 9.86. The Morgan fingerprint density at radius 2 is 2.38 bits per heavy atom. The number of hydrogen-bond acceptors (Lipinski definition) is 3. The molecule has 0 aliphatic rings. The highest BCUT2D eigenvalue weighted by Crippen LogP contribution is 1.94. The monoisotopic (exact) mass is 177 g/mol. The second kappa shape index (κ2) is 4.72. The number of rotatable bonds is 4. The lowest BCUT2D eigenvalue weighted by Gasteiger charge is -2.03. The molecule has 0 unspecified atom stereocenters. The van der Waals surface area contributed by atoms with Crippen LogP contribution in [0.25, 0.3) is 0 Å². The maximum Gasteiger partial charge on any atom is 0.125 e. The lowest BCUT2D eigenvalue weighted by molar-refractivity contribution is 0.717. The molecule has 1 aromatic rings. The highest BCUT2D eigenvalue weighted by Gasteiger charge is 1.94. The van der Waals surface area contributed by atoms with E-state index >= 15 is 0 Å². The van der Waals surface area contributed by atoms with Crippen LogP contribution < -0.4 is 5.32 Å². The van der Waals surface area contributed by atoms with Crippen molar-refractivity contribution in [1.29, 1.82) is 0 Å². The minimum atomic E-state index is 0.774. The highest BCUT2D eigenvalue weighted by atomic mass is 14.9. The van der Waals surface area contributed by atoms with E-state index in [1.165, 1.54) is 0 Å². The van der Waals surface area contributed by atoms with E-state index in [0.29, 0.717) is 0 Å². The molecular formula is C10H15N3. The van der Waals surface area contributed by atoms with Crippen LogP contribution in [0.4, 0.5) is 0 Å². The Morgan fingerprint density at radius 3 is 3.00 bits per heavy atom. The van der Waals surface area contributed by atoms with Gasteiger partial charge in [0.25, 0.3) is 0 Å². The molecule has 0 bridgehead atoms. The Kier molecular flexibility index (Phi) is 3.58. The van der Waals surface area contributed by atoms with Gasteiger partial charge in [0, 0.05) is 19.3 Å². The summed E-state index contributed by atoms with van der Waals surface area (Å²) in [5, 5.41) is 3.24. The predicted octanol–water partition coefficient (Wildman–Crippen LogP) is 1.45. The molecule has 1 rings (SSSR count). The fraction of sp³-hybridized carbons (Fsp3) is 0.400. The molecule has 3 heteroatoms. The summed E-state index contributed by atoms with van der Waals surface area (Å²) in [6.07, 6.45) is 1.78. The molecule has 0 atom stereocenters. The molecule has 1 aromatic heterocycles. The molecule has 1 N–H and O–H groups in total. The van der Waals surface area contributed by atoms with Crippen LogP contribution in [0.5, 0.6) is 0 Å². The van der Waals surface area contributed by atoms with Crippen LogP contribution in [-0.2, 0) is 6.54 Å². The molecule has 0 amide bonds. The molecule has 0 saturated carbocycles. The van der Waals surface area contributed by atoms with E-state index in [-0.39, 0.29) is 0 Å². The summed E-state index contributed by atoms with van der Waals surface area (Å²) in [7, 11) is 0. The second-order valence-electron chi connectivity index (χ2n) is 3.16. The van der Waals surface area contributed by atoms with Crippen LogP contribution in [0.3, 0.4) is 0 Å². The van der Waals surface area contributed by atoms with E-state index in [1.807, 2.05) is 19.9 Å². The fourth-order valence-electron chi connectivity index (χ4n) is 1.01. The summed E-state index contributed by atoms with van der Waals surface area (Å²) in [6.45, 7) is 9.31. The van der Waals surface area contributed by atoms with Crippen molar-refractivity contribution in [3.63, 3.8) is 0 Å². The lowest BCUT2D eigenvalue weighted by Crippen LogP contribution is -2.16. The summed E-state index contributed by atoms with van der Waals surface area (Å²) < 4.78 is 0. The van der Waals surface area contributed by atoms with Gasteiger partial charge in [-0.25, -0.2) is 9.97 Å². The molecule has 0 fully saturated rings. The van der Waals surface area contributed by atoms with E-state index in [2.05, 4.69) is 21.9 Å². The quantitative estimate of drug-likeness (QED) is 0.707. The molecule has 1 heterocycles. The van der Waals surface area contributed by atoms with Gasteiger partial charge in [-0.1, -0.05) is 12.2 Å². The minimum absolute atomic E-state index is 0.774. The zero-order valence-corrected chi connectivity index (χ0v) is 8.17. The maximum absolute atomic E-state index is 4.27. The van der Waals surface area contributed by atoms with Gasteiger partial charge in [0.15, 0.2) is 0 Å². The van der Waals surface area contributed by atoms with Crippen LogP contribution >= 0.6 is 0 Å². The Labute approximate surface area is 78.9 Å². The van der Waals surface area contributed by atoms with E-state index in [0.717, 1.165) is 30.2 Å². The predicted molar refractivity (Wildman–Crippen MR) is 53.3 cm³/mol. The van der Waals surface area contributed by atoms with E-state index < -0.39 is 0 Å². The Balaban J connectivity index is 2.41. The van der Waals surface area contributed by atoms with Crippen LogP contribution in [0.15, 0.2) is 24.4 Å². The first-order chi connectivity index (χ1) is 6.18. The van der Waals surface area contributed by atoms with Crippen molar-refractivity contribution in [3.05, 3.63) is 35.9 Å². The number of nitrogens with one attached hydrogen (secondary N) is 1.